The van der Waals surface area contributed by atoms with Gasteiger partial charge in [0.1, 0.15) is 11.9 Å². The van der Waals surface area contributed by atoms with Crippen molar-refractivity contribution in [1.82, 2.24) is 0 Å². The van der Waals surface area contributed by atoms with Gasteiger partial charge in [-0.1, -0.05) is 18.2 Å². The van der Waals surface area contributed by atoms with E-state index < -0.39 is 0 Å². The van der Waals surface area contributed by atoms with Gasteiger partial charge in [0.05, 0.1) is 25.9 Å². The fraction of sp³-hybridized carbons (Fsp3) is 0.500. The zero-order valence-corrected chi connectivity index (χ0v) is 13.6. The topological polar surface area (TPSA) is 48.1 Å². The SMILES string of the molecule is CCOC(=O)CC/C=C/c1cc(F)ccc1[C@@H](C)OC[C@H]1CO1. The van der Waals surface area contributed by atoms with Crippen LogP contribution in [0.15, 0.2) is 24.3 Å². The molecule has 1 fully saturated rings. The van der Waals surface area contributed by atoms with Crippen LogP contribution in [-0.2, 0) is 19.0 Å². The molecule has 0 radical (unpaired) electrons. The van der Waals surface area contributed by atoms with Crippen molar-refractivity contribution in [3.8, 4) is 0 Å². The predicted octanol–water partition coefficient (Wildman–Crippen LogP) is 3.66. The number of hydrogen-bond donors (Lipinski definition) is 0. The zero-order chi connectivity index (χ0) is 16.7. The molecule has 0 aliphatic carbocycles. The first kappa shape index (κ1) is 17.6. The van der Waals surface area contributed by atoms with Crippen LogP contribution in [0.3, 0.4) is 0 Å². The third-order valence-electron chi connectivity index (χ3n) is 3.54. The van der Waals surface area contributed by atoms with Crippen molar-refractivity contribution in [3.05, 3.63) is 41.2 Å². The van der Waals surface area contributed by atoms with Gasteiger partial charge in [-0.15, -0.1) is 0 Å². The average Bonchev–Trinajstić information content (AvgIpc) is 3.34. The monoisotopic (exact) mass is 322 g/mol. The summed E-state index contributed by atoms with van der Waals surface area (Å²) in [5.74, 6) is -0.519. The van der Waals surface area contributed by atoms with Crippen LogP contribution in [0.4, 0.5) is 4.39 Å². The Morgan fingerprint density at radius 3 is 3.00 bits per heavy atom. The molecule has 126 valence electrons. The molecule has 0 spiro atoms. The van der Waals surface area contributed by atoms with E-state index in [2.05, 4.69) is 0 Å². The quantitative estimate of drug-likeness (QED) is 0.514. The third-order valence-corrected chi connectivity index (χ3v) is 3.54. The van der Waals surface area contributed by atoms with Crippen molar-refractivity contribution in [2.45, 2.75) is 38.9 Å². The number of benzene rings is 1. The van der Waals surface area contributed by atoms with Gasteiger partial charge >= 0.3 is 5.97 Å². The molecule has 0 N–H and O–H groups in total. The van der Waals surface area contributed by atoms with Crippen LogP contribution in [0.5, 0.6) is 0 Å². The molecule has 1 saturated heterocycles. The summed E-state index contributed by atoms with van der Waals surface area (Å²) >= 11 is 0. The zero-order valence-electron chi connectivity index (χ0n) is 13.6. The maximum absolute atomic E-state index is 13.5. The summed E-state index contributed by atoms with van der Waals surface area (Å²) in [4.78, 5) is 11.3. The second-order valence-electron chi connectivity index (χ2n) is 5.45. The third kappa shape index (κ3) is 6.12. The Hall–Kier alpha value is -1.72. The molecule has 0 bridgehead atoms. The highest BCUT2D eigenvalue weighted by Gasteiger charge is 2.24. The Labute approximate surface area is 136 Å². The summed E-state index contributed by atoms with van der Waals surface area (Å²) in [5.41, 5.74) is 1.68. The number of rotatable bonds is 9. The molecular formula is C18H23FO4. The Morgan fingerprint density at radius 1 is 1.52 bits per heavy atom. The molecule has 2 rings (SSSR count). The summed E-state index contributed by atoms with van der Waals surface area (Å²) in [5, 5.41) is 0. The van der Waals surface area contributed by atoms with Gasteiger partial charge < -0.3 is 14.2 Å². The standard InChI is InChI=1S/C18H23FO4/c1-3-21-18(20)7-5-4-6-14-10-15(19)8-9-17(14)13(2)22-11-16-12-23-16/h4,6,8-10,13,16H,3,5,7,11-12H2,1-2H3/b6-4+/t13-,16+/m1/s1. The molecule has 0 saturated carbocycles. The Kier molecular flexibility index (Phi) is 6.74. The van der Waals surface area contributed by atoms with E-state index >= 15 is 0 Å². The van der Waals surface area contributed by atoms with Crippen LogP contribution >= 0.6 is 0 Å². The van der Waals surface area contributed by atoms with Gasteiger partial charge in [-0.05, 0) is 43.5 Å². The molecule has 1 aromatic carbocycles. The summed E-state index contributed by atoms with van der Waals surface area (Å²) in [7, 11) is 0. The van der Waals surface area contributed by atoms with E-state index in [0.717, 1.165) is 17.7 Å². The van der Waals surface area contributed by atoms with E-state index in [-0.39, 0.29) is 24.0 Å². The molecule has 23 heavy (non-hydrogen) atoms. The molecule has 1 heterocycles. The lowest BCUT2D eigenvalue weighted by Crippen LogP contribution is -2.07. The molecule has 5 heteroatoms. The van der Waals surface area contributed by atoms with E-state index in [1.165, 1.54) is 12.1 Å². The van der Waals surface area contributed by atoms with E-state index in [0.29, 0.717) is 26.1 Å². The molecule has 0 unspecified atom stereocenters. The van der Waals surface area contributed by atoms with Crippen molar-refractivity contribution in [2.24, 2.45) is 0 Å². The van der Waals surface area contributed by atoms with Crippen LogP contribution in [-0.4, -0.2) is 31.9 Å². The van der Waals surface area contributed by atoms with Gasteiger partial charge in [-0.25, -0.2) is 4.39 Å². The fourth-order valence-electron chi connectivity index (χ4n) is 2.21. The van der Waals surface area contributed by atoms with Crippen molar-refractivity contribution in [1.29, 1.82) is 0 Å². The van der Waals surface area contributed by atoms with Gasteiger partial charge in [0.15, 0.2) is 0 Å². The molecule has 1 aliphatic rings. The highest BCUT2D eigenvalue weighted by atomic mass is 19.1. The second kappa shape index (κ2) is 8.79. The number of carbonyl (C=O) groups is 1. The van der Waals surface area contributed by atoms with Gasteiger partial charge in [-0.2, -0.15) is 0 Å². The van der Waals surface area contributed by atoms with Crippen LogP contribution < -0.4 is 0 Å². The van der Waals surface area contributed by atoms with Gasteiger partial charge in [-0.3, -0.25) is 4.79 Å². The van der Waals surface area contributed by atoms with E-state index in [1.54, 1.807) is 13.0 Å². The first-order chi connectivity index (χ1) is 11.1. The second-order valence-corrected chi connectivity index (χ2v) is 5.45. The molecule has 0 amide bonds. The Bertz CT molecular complexity index is 552. The highest BCUT2D eigenvalue weighted by molar-refractivity contribution is 5.69. The number of halogens is 1. The van der Waals surface area contributed by atoms with Crippen molar-refractivity contribution >= 4 is 12.0 Å². The van der Waals surface area contributed by atoms with Crippen LogP contribution in [0.25, 0.3) is 6.08 Å². The lowest BCUT2D eigenvalue weighted by molar-refractivity contribution is -0.142. The normalized spacial score (nSPS) is 18.1. The smallest absolute Gasteiger partial charge is 0.306 e. The van der Waals surface area contributed by atoms with Crippen LogP contribution in [0.2, 0.25) is 0 Å². The van der Waals surface area contributed by atoms with Crippen LogP contribution in [0, 0.1) is 5.82 Å². The van der Waals surface area contributed by atoms with Gasteiger partial charge in [0.25, 0.3) is 0 Å². The summed E-state index contributed by atoms with van der Waals surface area (Å²) < 4.78 is 29.3. The summed E-state index contributed by atoms with van der Waals surface area (Å²) in [6, 6.07) is 4.64. The van der Waals surface area contributed by atoms with Crippen molar-refractivity contribution < 1.29 is 23.4 Å². The summed E-state index contributed by atoms with van der Waals surface area (Å²) in [6.07, 6.45) is 4.60. The Morgan fingerprint density at radius 2 is 2.30 bits per heavy atom. The Balaban J connectivity index is 1.95. The largest absolute Gasteiger partial charge is 0.466 e. The molecule has 0 aromatic heterocycles. The lowest BCUT2D eigenvalue weighted by atomic mass is 10.0. The highest BCUT2D eigenvalue weighted by Crippen LogP contribution is 2.25. The molecule has 1 aromatic rings. The molecule has 1 aliphatic heterocycles. The molecular weight excluding hydrogens is 299 g/mol. The minimum Gasteiger partial charge on any atom is -0.466 e. The number of hydrogen-bond acceptors (Lipinski definition) is 4. The summed E-state index contributed by atoms with van der Waals surface area (Å²) in [6.45, 7) is 5.39. The average molecular weight is 322 g/mol. The number of esters is 1. The van der Waals surface area contributed by atoms with Gasteiger partial charge in [0, 0.05) is 6.42 Å². The lowest BCUT2D eigenvalue weighted by Gasteiger charge is -2.15. The predicted molar refractivity (Wildman–Crippen MR) is 85.4 cm³/mol. The maximum Gasteiger partial charge on any atom is 0.306 e. The van der Waals surface area contributed by atoms with E-state index in [4.69, 9.17) is 14.2 Å². The number of allylic oxidation sites excluding steroid dienone is 1. The minimum atomic E-state index is -0.295. The van der Waals surface area contributed by atoms with Crippen molar-refractivity contribution in [3.63, 3.8) is 0 Å². The van der Waals surface area contributed by atoms with E-state index in [9.17, 15) is 9.18 Å². The fourth-order valence-corrected chi connectivity index (χ4v) is 2.21. The number of carbonyl (C=O) groups excluding carboxylic acids is 1. The molecule has 2 atom stereocenters. The first-order valence-electron chi connectivity index (χ1n) is 7.95. The number of epoxide rings is 1. The van der Waals surface area contributed by atoms with Crippen LogP contribution in [0.1, 0.15) is 43.9 Å². The first-order valence-corrected chi connectivity index (χ1v) is 7.95. The number of ether oxygens (including phenoxy) is 3. The minimum absolute atomic E-state index is 0.149. The maximum atomic E-state index is 13.5. The molecule has 4 nitrogen and oxygen atoms in total. The van der Waals surface area contributed by atoms with E-state index in [1.807, 2.05) is 19.1 Å². The van der Waals surface area contributed by atoms with Gasteiger partial charge in [0.2, 0.25) is 0 Å². The van der Waals surface area contributed by atoms with Crippen molar-refractivity contribution in [2.75, 3.05) is 19.8 Å².